The second-order valence-electron chi connectivity index (χ2n) is 3.78. The van der Waals surface area contributed by atoms with Crippen molar-refractivity contribution in [3.63, 3.8) is 0 Å². The first-order valence-electron chi connectivity index (χ1n) is 5.69. The Bertz CT molecular complexity index is 481. The number of rotatable bonds is 6. The van der Waals surface area contributed by atoms with Crippen molar-refractivity contribution in [2.24, 2.45) is 0 Å². The van der Waals surface area contributed by atoms with Gasteiger partial charge in [-0.3, -0.25) is 14.4 Å². The van der Waals surface area contributed by atoms with Gasteiger partial charge in [0, 0.05) is 31.8 Å². The molecule has 0 radical (unpaired) electrons. The minimum absolute atomic E-state index is 0.116. The van der Waals surface area contributed by atoms with Crippen molar-refractivity contribution >= 4 is 11.9 Å². The van der Waals surface area contributed by atoms with Crippen molar-refractivity contribution < 1.29 is 14.7 Å². The van der Waals surface area contributed by atoms with E-state index in [1.165, 1.54) is 15.5 Å². The van der Waals surface area contributed by atoms with E-state index in [0.29, 0.717) is 6.54 Å². The predicted octanol–water partition coefficient (Wildman–Crippen LogP) is 0.171. The van der Waals surface area contributed by atoms with Crippen LogP contribution in [-0.4, -0.2) is 39.5 Å². The number of aryl methyl sites for hydroxylation is 1. The molecule has 0 bridgehead atoms. The van der Waals surface area contributed by atoms with Gasteiger partial charge in [-0.1, -0.05) is 6.07 Å². The van der Waals surface area contributed by atoms with Crippen molar-refractivity contribution in [1.82, 2.24) is 9.47 Å². The summed E-state index contributed by atoms with van der Waals surface area (Å²) in [5.74, 6) is -1.31. The highest BCUT2D eigenvalue weighted by Gasteiger charge is 2.14. The summed E-state index contributed by atoms with van der Waals surface area (Å²) in [4.78, 5) is 34.9. The molecule has 0 saturated heterocycles. The lowest BCUT2D eigenvalue weighted by atomic mass is 10.3. The van der Waals surface area contributed by atoms with Crippen LogP contribution in [0.15, 0.2) is 29.2 Å². The van der Waals surface area contributed by atoms with Crippen LogP contribution in [-0.2, 0) is 16.1 Å². The van der Waals surface area contributed by atoms with Crippen LogP contribution in [0, 0.1) is 0 Å². The minimum Gasteiger partial charge on any atom is -0.480 e. The predicted molar refractivity (Wildman–Crippen MR) is 65.2 cm³/mol. The van der Waals surface area contributed by atoms with Gasteiger partial charge in [-0.15, -0.1) is 0 Å². The number of carbonyl (C=O) groups excluding carboxylic acids is 1. The number of carboxylic acids is 1. The van der Waals surface area contributed by atoms with Crippen LogP contribution in [0.4, 0.5) is 0 Å². The standard InChI is InChI=1S/C12H16N2O4/c1-2-13(9-12(17)18)11(16)6-8-14-7-4-3-5-10(14)15/h3-5,7H,2,6,8-9H2,1H3,(H,17,18). The zero-order valence-corrected chi connectivity index (χ0v) is 10.2. The van der Waals surface area contributed by atoms with Gasteiger partial charge in [0.25, 0.3) is 5.56 Å². The van der Waals surface area contributed by atoms with Gasteiger partial charge in [0.05, 0.1) is 0 Å². The molecule has 0 aliphatic heterocycles. The summed E-state index contributed by atoms with van der Waals surface area (Å²) in [6.45, 7) is 2.01. The Balaban J connectivity index is 2.57. The summed E-state index contributed by atoms with van der Waals surface area (Å²) < 4.78 is 1.42. The van der Waals surface area contributed by atoms with Crippen LogP contribution in [0.25, 0.3) is 0 Å². The van der Waals surface area contributed by atoms with Crippen molar-refractivity contribution in [2.75, 3.05) is 13.1 Å². The number of amides is 1. The number of nitrogens with zero attached hydrogens (tertiary/aromatic N) is 2. The molecule has 0 atom stereocenters. The fourth-order valence-electron chi connectivity index (χ4n) is 1.56. The summed E-state index contributed by atoms with van der Waals surface area (Å²) >= 11 is 0. The van der Waals surface area contributed by atoms with E-state index in [0.717, 1.165) is 0 Å². The van der Waals surface area contributed by atoms with Crippen molar-refractivity contribution in [3.8, 4) is 0 Å². The van der Waals surface area contributed by atoms with Gasteiger partial charge in [-0.05, 0) is 13.0 Å². The molecule has 6 nitrogen and oxygen atoms in total. The second-order valence-corrected chi connectivity index (χ2v) is 3.78. The molecule has 98 valence electrons. The van der Waals surface area contributed by atoms with Crippen LogP contribution >= 0.6 is 0 Å². The first kappa shape index (κ1) is 14.0. The molecular formula is C12H16N2O4. The fraction of sp³-hybridized carbons (Fsp3) is 0.417. The molecule has 0 saturated carbocycles. The maximum Gasteiger partial charge on any atom is 0.323 e. The van der Waals surface area contributed by atoms with Gasteiger partial charge in [-0.25, -0.2) is 0 Å². The molecule has 0 unspecified atom stereocenters. The Labute approximate surface area is 104 Å². The van der Waals surface area contributed by atoms with Crippen LogP contribution in [0.3, 0.4) is 0 Å². The monoisotopic (exact) mass is 252 g/mol. The normalized spacial score (nSPS) is 10.1. The maximum absolute atomic E-state index is 11.7. The summed E-state index contributed by atoms with van der Waals surface area (Å²) in [5, 5.41) is 8.64. The Hall–Kier alpha value is -2.11. The topological polar surface area (TPSA) is 79.6 Å². The maximum atomic E-state index is 11.7. The van der Waals surface area contributed by atoms with Crippen LogP contribution in [0.5, 0.6) is 0 Å². The molecule has 0 fully saturated rings. The summed E-state index contributed by atoms with van der Waals surface area (Å²) in [7, 11) is 0. The third-order valence-corrected chi connectivity index (χ3v) is 2.53. The Morgan fingerprint density at radius 1 is 1.39 bits per heavy atom. The van der Waals surface area contributed by atoms with E-state index in [9.17, 15) is 14.4 Å². The van der Waals surface area contributed by atoms with E-state index < -0.39 is 5.97 Å². The van der Waals surface area contributed by atoms with Crippen molar-refractivity contribution in [1.29, 1.82) is 0 Å². The Morgan fingerprint density at radius 3 is 2.67 bits per heavy atom. The van der Waals surface area contributed by atoms with Crippen molar-refractivity contribution in [3.05, 3.63) is 34.7 Å². The lowest BCUT2D eigenvalue weighted by Crippen LogP contribution is -2.36. The van der Waals surface area contributed by atoms with E-state index in [1.807, 2.05) is 0 Å². The third kappa shape index (κ3) is 4.04. The lowest BCUT2D eigenvalue weighted by Gasteiger charge is -2.18. The van der Waals surface area contributed by atoms with Crippen molar-refractivity contribution in [2.45, 2.75) is 19.9 Å². The average molecular weight is 252 g/mol. The largest absolute Gasteiger partial charge is 0.480 e. The number of hydrogen-bond acceptors (Lipinski definition) is 3. The number of aromatic nitrogens is 1. The molecule has 0 aromatic carbocycles. The van der Waals surface area contributed by atoms with E-state index in [4.69, 9.17) is 5.11 Å². The molecule has 0 aliphatic rings. The zero-order valence-electron chi connectivity index (χ0n) is 10.2. The van der Waals surface area contributed by atoms with Gasteiger partial charge in [0.2, 0.25) is 5.91 Å². The van der Waals surface area contributed by atoms with Crippen LogP contribution in [0.1, 0.15) is 13.3 Å². The van der Waals surface area contributed by atoms with E-state index >= 15 is 0 Å². The third-order valence-electron chi connectivity index (χ3n) is 2.53. The van der Waals surface area contributed by atoms with Gasteiger partial charge in [-0.2, -0.15) is 0 Å². The molecule has 1 heterocycles. The Morgan fingerprint density at radius 2 is 2.11 bits per heavy atom. The van der Waals surface area contributed by atoms with Gasteiger partial charge in [0.1, 0.15) is 6.54 Å². The Kier molecular flexibility index (Phi) is 5.10. The quantitative estimate of drug-likeness (QED) is 0.782. The van der Waals surface area contributed by atoms with E-state index in [-0.39, 0.29) is 31.0 Å². The number of aliphatic carboxylic acids is 1. The molecule has 1 rings (SSSR count). The molecule has 0 aliphatic carbocycles. The highest BCUT2D eigenvalue weighted by molar-refractivity contribution is 5.81. The molecule has 1 aromatic rings. The number of hydrogen-bond donors (Lipinski definition) is 1. The van der Waals surface area contributed by atoms with Gasteiger partial charge < -0.3 is 14.6 Å². The summed E-state index contributed by atoms with van der Waals surface area (Å²) in [5.41, 5.74) is -0.174. The molecule has 1 N–H and O–H groups in total. The first-order chi connectivity index (χ1) is 8.54. The highest BCUT2D eigenvalue weighted by atomic mass is 16.4. The number of carboxylic acid groups (broad SMARTS) is 1. The van der Waals surface area contributed by atoms with Gasteiger partial charge in [0.15, 0.2) is 0 Å². The molecule has 1 amide bonds. The molecular weight excluding hydrogens is 236 g/mol. The second kappa shape index (κ2) is 6.58. The SMILES string of the molecule is CCN(CC(=O)O)C(=O)CCn1ccccc1=O. The van der Waals surface area contributed by atoms with E-state index in [2.05, 4.69) is 0 Å². The smallest absolute Gasteiger partial charge is 0.323 e. The van der Waals surface area contributed by atoms with Gasteiger partial charge >= 0.3 is 5.97 Å². The van der Waals surface area contributed by atoms with Crippen LogP contribution < -0.4 is 5.56 Å². The summed E-state index contributed by atoms with van der Waals surface area (Å²) in [6, 6.07) is 4.75. The molecule has 6 heteroatoms. The highest BCUT2D eigenvalue weighted by Crippen LogP contribution is 1.96. The molecule has 1 aromatic heterocycles. The molecule has 18 heavy (non-hydrogen) atoms. The zero-order chi connectivity index (χ0) is 13.5. The van der Waals surface area contributed by atoms with E-state index in [1.54, 1.807) is 25.3 Å². The lowest BCUT2D eigenvalue weighted by molar-refractivity contribution is -0.144. The minimum atomic E-state index is -1.04. The number of likely N-dealkylation sites (N-methyl/N-ethyl adjacent to an activating group) is 1. The molecule has 0 spiro atoms. The van der Waals surface area contributed by atoms with Crippen LogP contribution in [0.2, 0.25) is 0 Å². The number of carbonyl (C=O) groups is 2. The fourth-order valence-corrected chi connectivity index (χ4v) is 1.56. The number of pyridine rings is 1. The summed E-state index contributed by atoms with van der Waals surface area (Å²) in [6.07, 6.45) is 1.72. The average Bonchev–Trinajstić information content (AvgIpc) is 2.34. The first-order valence-corrected chi connectivity index (χ1v) is 5.69.